The van der Waals surface area contributed by atoms with E-state index in [-0.39, 0.29) is 5.91 Å². The summed E-state index contributed by atoms with van der Waals surface area (Å²) in [5.41, 5.74) is 0.614. The number of aromatic nitrogens is 2. The van der Waals surface area contributed by atoms with Crippen LogP contribution in [-0.4, -0.2) is 47.2 Å². The molecule has 0 aromatic carbocycles. The molecule has 0 atom stereocenters. The van der Waals surface area contributed by atoms with Gasteiger partial charge in [-0.05, 0) is 38.8 Å². The lowest BCUT2D eigenvalue weighted by atomic mass is 9.90. The van der Waals surface area contributed by atoms with E-state index in [9.17, 15) is 4.79 Å². The maximum absolute atomic E-state index is 12.2. The fourth-order valence-corrected chi connectivity index (χ4v) is 2.54. The molecule has 18 heavy (non-hydrogen) atoms. The van der Waals surface area contributed by atoms with Crippen molar-refractivity contribution in [2.45, 2.75) is 37.8 Å². The van der Waals surface area contributed by atoms with Gasteiger partial charge in [0.15, 0.2) is 0 Å². The minimum Gasteiger partial charge on any atom is -0.339 e. The van der Waals surface area contributed by atoms with Crippen molar-refractivity contribution in [3.05, 3.63) is 24.0 Å². The third-order valence-electron chi connectivity index (χ3n) is 3.80. The van der Waals surface area contributed by atoms with Crippen molar-refractivity contribution in [1.29, 1.82) is 0 Å². The van der Waals surface area contributed by atoms with Crippen LogP contribution in [0.25, 0.3) is 0 Å². The van der Waals surface area contributed by atoms with E-state index in [1.165, 1.54) is 6.20 Å². The van der Waals surface area contributed by atoms with E-state index in [0.29, 0.717) is 17.6 Å². The first-order chi connectivity index (χ1) is 8.72. The van der Waals surface area contributed by atoms with E-state index in [1.807, 2.05) is 19.0 Å². The van der Waals surface area contributed by atoms with E-state index in [1.54, 1.807) is 12.3 Å². The number of rotatable bonds is 3. The van der Waals surface area contributed by atoms with Crippen molar-refractivity contribution in [3.63, 3.8) is 0 Å². The fourth-order valence-electron chi connectivity index (χ4n) is 2.54. The molecular weight excluding hydrogens is 228 g/mol. The molecule has 1 amide bonds. The molecule has 1 aliphatic carbocycles. The topological polar surface area (TPSA) is 58.1 Å². The fraction of sp³-hybridized carbons (Fsp3) is 0.615. The van der Waals surface area contributed by atoms with Crippen molar-refractivity contribution in [1.82, 2.24) is 20.4 Å². The van der Waals surface area contributed by atoms with Crippen LogP contribution in [0.1, 0.15) is 36.0 Å². The van der Waals surface area contributed by atoms with Crippen LogP contribution in [0.3, 0.4) is 0 Å². The average molecular weight is 248 g/mol. The van der Waals surface area contributed by atoms with Crippen molar-refractivity contribution in [2.24, 2.45) is 0 Å². The normalized spacial score (nSPS) is 23.7. The molecule has 0 spiro atoms. The Morgan fingerprint density at radius 3 is 2.61 bits per heavy atom. The van der Waals surface area contributed by atoms with E-state index in [4.69, 9.17) is 0 Å². The largest absolute Gasteiger partial charge is 0.339 e. The standard InChI is InChI=1S/C13H20N4O/c1-14-11-3-5-12(6-4-11)17(2)13(18)10-7-8-15-16-9-10/h7-9,11-12,14H,3-6H2,1-2H3. The van der Waals surface area contributed by atoms with Gasteiger partial charge in [0.25, 0.3) is 5.91 Å². The monoisotopic (exact) mass is 248 g/mol. The van der Waals surface area contributed by atoms with Gasteiger partial charge in [0.2, 0.25) is 0 Å². The van der Waals surface area contributed by atoms with E-state index >= 15 is 0 Å². The Kier molecular flexibility index (Phi) is 4.25. The predicted octanol–water partition coefficient (Wildman–Crippen LogP) is 1.08. The zero-order valence-corrected chi connectivity index (χ0v) is 11.0. The molecule has 1 N–H and O–H groups in total. The maximum Gasteiger partial charge on any atom is 0.255 e. The second kappa shape index (κ2) is 5.91. The molecule has 0 saturated heterocycles. The van der Waals surface area contributed by atoms with E-state index < -0.39 is 0 Å². The molecule has 2 rings (SSSR count). The van der Waals surface area contributed by atoms with Crippen LogP contribution >= 0.6 is 0 Å². The van der Waals surface area contributed by atoms with Gasteiger partial charge in [-0.25, -0.2) is 0 Å². The highest BCUT2D eigenvalue weighted by Gasteiger charge is 2.26. The Labute approximate surface area is 108 Å². The molecule has 0 unspecified atom stereocenters. The minimum atomic E-state index is 0.0396. The third-order valence-corrected chi connectivity index (χ3v) is 3.80. The summed E-state index contributed by atoms with van der Waals surface area (Å²) in [7, 11) is 3.88. The molecule has 5 heteroatoms. The number of hydrogen-bond acceptors (Lipinski definition) is 4. The smallest absolute Gasteiger partial charge is 0.255 e. The van der Waals surface area contributed by atoms with Crippen LogP contribution in [0.2, 0.25) is 0 Å². The minimum absolute atomic E-state index is 0.0396. The summed E-state index contributed by atoms with van der Waals surface area (Å²) in [5.74, 6) is 0.0396. The van der Waals surface area contributed by atoms with Gasteiger partial charge in [-0.15, -0.1) is 0 Å². The summed E-state index contributed by atoms with van der Waals surface area (Å²) in [6.07, 6.45) is 7.47. The molecule has 1 aromatic rings. The first kappa shape index (κ1) is 13.0. The highest BCUT2D eigenvalue weighted by Crippen LogP contribution is 2.23. The Hall–Kier alpha value is -1.49. The third kappa shape index (κ3) is 2.85. The molecule has 0 bridgehead atoms. The van der Waals surface area contributed by atoms with Crippen molar-refractivity contribution < 1.29 is 4.79 Å². The summed E-state index contributed by atoms with van der Waals surface area (Å²) in [6.45, 7) is 0. The highest BCUT2D eigenvalue weighted by atomic mass is 16.2. The lowest BCUT2D eigenvalue weighted by Gasteiger charge is -2.34. The molecule has 0 aliphatic heterocycles. The van der Waals surface area contributed by atoms with Crippen LogP contribution in [0.5, 0.6) is 0 Å². The molecule has 1 aromatic heterocycles. The second-order valence-corrected chi connectivity index (χ2v) is 4.84. The quantitative estimate of drug-likeness (QED) is 0.869. The van der Waals surface area contributed by atoms with Gasteiger partial charge >= 0.3 is 0 Å². The van der Waals surface area contributed by atoms with Gasteiger partial charge < -0.3 is 10.2 Å². The molecule has 98 valence electrons. The van der Waals surface area contributed by atoms with Crippen LogP contribution < -0.4 is 5.32 Å². The molecule has 5 nitrogen and oxygen atoms in total. The van der Waals surface area contributed by atoms with Crippen molar-refractivity contribution >= 4 is 5.91 Å². The number of carbonyl (C=O) groups excluding carboxylic acids is 1. The zero-order valence-electron chi connectivity index (χ0n) is 11.0. The average Bonchev–Trinajstić information content (AvgIpc) is 2.47. The molecule has 1 aliphatic rings. The molecule has 0 radical (unpaired) electrons. The maximum atomic E-state index is 12.2. The Bertz CT molecular complexity index is 387. The molecular formula is C13H20N4O. The Morgan fingerprint density at radius 2 is 2.06 bits per heavy atom. The van der Waals surface area contributed by atoms with Gasteiger partial charge in [0.1, 0.15) is 0 Å². The van der Waals surface area contributed by atoms with E-state index in [0.717, 1.165) is 25.7 Å². The number of carbonyl (C=O) groups is 1. The highest BCUT2D eigenvalue weighted by molar-refractivity contribution is 5.93. The SMILES string of the molecule is CNC1CCC(N(C)C(=O)c2ccnnc2)CC1. The van der Waals surface area contributed by atoms with Crippen molar-refractivity contribution in [3.8, 4) is 0 Å². The van der Waals surface area contributed by atoms with Gasteiger partial charge in [-0.2, -0.15) is 10.2 Å². The Morgan fingerprint density at radius 1 is 1.33 bits per heavy atom. The van der Waals surface area contributed by atoms with Crippen LogP contribution in [0.15, 0.2) is 18.5 Å². The van der Waals surface area contributed by atoms with Gasteiger partial charge in [0, 0.05) is 19.1 Å². The van der Waals surface area contributed by atoms with Gasteiger partial charge in [-0.1, -0.05) is 0 Å². The lowest BCUT2D eigenvalue weighted by molar-refractivity contribution is 0.0685. The first-order valence-corrected chi connectivity index (χ1v) is 6.43. The van der Waals surface area contributed by atoms with Gasteiger partial charge in [0.05, 0.1) is 18.0 Å². The van der Waals surface area contributed by atoms with E-state index in [2.05, 4.69) is 15.5 Å². The molecule has 1 heterocycles. The van der Waals surface area contributed by atoms with Crippen LogP contribution in [-0.2, 0) is 0 Å². The lowest BCUT2D eigenvalue weighted by Crippen LogP contribution is -2.42. The summed E-state index contributed by atoms with van der Waals surface area (Å²) < 4.78 is 0. The summed E-state index contributed by atoms with van der Waals surface area (Å²) in [4.78, 5) is 14.1. The van der Waals surface area contributed by atoms with Crippen molar-refractivity contribution in [2.75, 3.05) is 14.1 Å². The number of hydrogen-bond donors (Lipinski definition) is 1. The zero-order chi connectivity index (χ0) is 13.0. The number of nitrogens with zero attached hydrogens (tertiary/aromatic N) is 3. The van der Waals surface area contributed by atoms with Crippen LogP contribution in [0, 0.1) is 0 Å². The summed E-state index contributed by atoms with van der Waals surface area (Å²) >= 11 is 0. The van der Waals surface area contributed by atoms with Crippen LogP contribution in [0.4, 0.5) is 0 Å². The first-order valence-electron chi connectivity index (χ1n) is 6.43. The Balaban J connectivity index is 1.96. The second-order valence-electron chi connectivity index (χ2n) is 4.84. The summed E-state index contributed by atoms with van der Waals surface area (Å²) in [6, 6.07) is 2.66. The van der Waals surface area contributed by atoms with Gasteiger partial charge in [-0.3, -0.25) is 4.79 Å². The molecule has 1 saturated carbocycles. The molecule has 1 fully saturated rings. The number of amides is 1. The predicted molar refractivity (Wildman–Crippen MR) is 69.2 cm³/mol. The number of nitrogens with one attached hydrogen (secondary N) is 1. The summed E-state index contributed by atoms with van der Waals surface area (Å²) in [5, 5.41) is 10.7.